The maximum absolute atomic E-state index is 15.4. The highest BCUT2D eigenvalue weighted by molar-refractivity contribution is 6.03. The van der Waals surface area contributed by atoms with E-state index in [2.05, 4.69) is 31.4 Å². The summed E-state index contributed by atoms with van der Waals surface area (Å²) in [5.74, 6) is 0.103. The van der Waals surface area contributed by atoms with E-state index in [0.717, 1.165) is 42.4 Å². The van der Waals surface area contributed by atoms with Gasteiger partial charge < -0.3 is 43.6 Å². The summed E-state index contributed by atoms with van der Waals surface area (Å²) < 4.78 is 32.2. The Bertz CT molecular complexity index is 2190. The van der Waals surface area contributed by atoms with Crippen LogP contribution in [0.4, 0.5) is 0 Å². The predicted octanol–water partition coefficient (Wildman–Crippen LogP) is 8.63. The molecule has 12 nitrogen and oxygen atoms in total. The minimum Gasteiger partial charge on any atom is -0.490 e. The third kappa shape index (κ3) is 9.41. The summed E-state index contributed by atoms with van der Waals surface area (Å²) in [6.07, 6.45) is 10.5. The normalized spacial score (nSPS) is 23.8. The standard InChI is InChI=1S/C50H59N3O9/c1-6-24-57-37-19-21-42-40(28-37)46-38(13-9-11-23-55)36(12-8-10-22-54)27-39-41(52-62-49(3,4)5)29-45(50(61-42,47(39)46)60-25-7-2)53(48(56)35-17-14-33(30-51)15-18-35)31-34-16-20-43-44(26-34)59-32-58-43/h6-7,14-21,26-28,36,38,45-47,54-55H,1-2,8-13,22-25,29,31-32H2,3-5H3/t36-,38+,45-,46+,47+,50+/m0/s1. The summed E-state index contributed by atoms with van der Waals surface area (Å²) in [5.41, 5.74) is 3.57. The highest BCUT2D eigenvalue weighted by Crippen LogP contribution is 2.62. The Hall–Kier alpha value is -5.61. The van der Waals surface area contributed by atoms with Crippen LogP contribution in [0.2, 0.25) is 0 Å². The summed E-state index contributed by atoms with van der Waals surface area (Å²) in [6.45, 7) is 14.6. The third-order valence-corrected chi connectivity index (χ3v) is 12.1. The number of benzene rings is 3. The summed E-state index contributed by atoms with van der Waals surface area (Å²) in [5, 5.41) is 34.5. The molecule has 1 fully saturated rings. The third-order valence-electron chi connectivity index (χ3n) is 12.1. The Morgan fingerprint density at radius 2 is 1.68 bits per heavy atom. The Labute approximate surface area is 365 Å². The first-order valence-corrected chi connectivity index (χ1v) is 21.7. The van der Waals surface area contributed by atoms with Crippen LogP contribution in [0.25, 0.3) is 0 Å². The van der Waals surface area contributed by atoms with Crippen molar-refractivity contribution in [1.29, 1.82) is 5.26 Å². The fourth-order valence-corrected chi connectivity index (χ4v) is 9.50. The van der Waals surface area contributed by atoms with E-state index in [0.29, 0.717) is 59.3 Å². The minimum absolute atomic E-state index is 0.0399. The van der Waals surface area contributed by atoms with Crippen LogP contribution in [-0.2, 0) is 16.1 Å². The fourth-order valence-electron chi connectivity index (χ4n) is 9.50. The number of aliphatic hydroxyl groups is 2. The van der Waals surface area contributed by atoms with Gasteiger partial charge in [-0.05, 0) is 124 Å². The van der Waals surface area contributed by atoms with E-state index < -0.39 is 23.3 Å². The van der Waals surface area contributed by atoms with Gasteiger partial charge in [0.05, 0.1) is 29.9 Å². The molecule has 12 heteroatoms. The molecule has 4 aliphatic rings. The SMILES string of the molecule is C=CCOc1ccc2c(c1)[C@H]1[C@H](CCCCO)[C@@H](CCCCO)C=C3C(=NOC(C)(C)C)C[C@H](N(Cc4ccc5c(c4)OCO5)C(=O)c4ccc(C#N)cc4)[C@@](OCC=C)(O2)[C@H]31. The summed E-state index contributed by atoms with van der Waals surface area (Å²) >= 11 is 0. The van der Waals surface area contributed by atoms with Crippen LogP contribution in [0.1, 0.15) is 98.7 Å². The summed E-state index contributed by atoms with van der Waals surface area (Å²) in [4.78, 5) is 23.5. The van der Waals surface area contributed by atoms with Gasteiger partial charge in [-0.25, -0.2) is 0 Å². The number of nitriles is 1. The topological polar surface area (TPSA) is 152 Å². The number of unbranched alkanes of at least 4 members (excludes halogenated alkanes) is 2. The minimum atomic E-state index is -1.48. The lowest BCUT2D eigenvalue weighted by Crippen LogP contribution is -2.70. The van der Waals surface area contributed by atoms with Gasteiger partial charge in [-0.2, -0.15) is 5.26 Å². The first-order chi connectivity index (χ1) is 30.0. The molecule has 6 atom stereocenters. The lowest BCUT2D eigenvalue weighted by Gasteiger charge is -2.60. The van der Waals surface area contributed by atoms with E-state index >= 15 is 4.79 Å². The van der Waals surface area contributed by atoms with Gasteiger partial charge >= 0.3 is 0 Å². The van der Waals surface area contributed by atoms with E-state index in [1.807, 2.05) is 56.0 Å². The van der Waals surface area contributed by atoms with E-state index in [-0.39, 0.29) is 63.2 Å². The zero-order valence-electron chi connectivity index (χ0n) is 36.1. The van der Waals surface area contributed by atoms with Crippen molar-refractivity contribution < 1.29 is 43.5 Å². The molecule has 328 valence electrons. The number of ether oxygens (including phenoxy) is 5. The number of carbonyl (C=O) groups is 1. The molecule has 0 bridgehead atoms. The van der Waals surface area contributed by atoms with E-state index in [4.69, 9.17) is 33.7 Å². The predicted molar refractivity (Wildman–Crippen MR) is 235 cm³/mol. The molecule has 3 aromatic rings. The molecule has 2 aliphatic carbocycles. The van der Waals surface area contributed by atoms with Gasteiger partial charge in [-0.1, -0.05) is 48.9 Å². The first-order valence-electron chi connectivity index (χ1n) is 21.7. The second-order valence-electron chi connectivity index (χ2n) is 17.4. The molecule has 0 spiro atoms. The molecule has 2 N–H and O–H groups in total. The van der Waals surface area contributed by atoms with E-state index in [1.54, 1.807) is 36.4 Å². The van der Waals surface area contributed by atoms with Crippen molar-refractivity contribution in [2.24, 2.45) is 22.9 Å². The van der Waals surface area contributed by atoms with E-state index in [9.17, 15) is 15.5 Å². The van der Waals surface area contributed by atoms with Gasteiger partial charge in [0.1, 0.15) is 29.7 Å². The van der Waals surface area contributed by atoms with Crippen LogP contribution in [0, 0.1) is 29.1 Å². The van der Waals surface area contributed by atoms with Crippen molar-refractivity contribution in [2.45, 2.75) is 95.6 Å². The Balaban J connectivity index is 1.49. The van der Waals surface area contributed by atoms with Gasteiger partial charge in [0.15, 0.2) is 11.5 Å². The maximum atomic E-state index is 15.4. The van der Waals surface area contributed by atoms with Crippen molar-refractivity contribution >= 4 is 11.6 Å². The molecule has 1 amide bonds. The Morgan fingerprint density at radius 1 is 0.952 bits per heavy atom. The molecule has 1 saturated carbocycles. The van der Waals surface area contributed by atoms with Crippen LogP contribution in [0.15, 0.2) is 103 Å². The molecule has 0 aromatic heterocycles. The van der Waals surface area contributed by atoms with Crippen molar-refractivity contribution in [1.82, 2.24) is 4.90 Å². The molecule has 62 heavy (non-hydrogen) atoms. The number of fused-ring (bicyclic) bond motifs is 3. The molecule has 2 aliphatic heterocycles. The van der Waals surface area contributed by atoms with Gasteiger partial charge in [-0.3, -0.25) is 4.79 Å². The number of nitrogens with zero attached hydrogens (tertiary/aromatic N) is 3. The second kappa shape index (κ2) is 19.6. The van der Waals surface area contributed by atoms with Crippen LogP contribution in [-0.4, -0.2) is 77.4 Å². The summed E-state index contributed by atoms with van der Waals surface area (Å²) in [7, 11) is 0. The van der Waals surface area contributed by atoms with Crippen LogP contribution in [0.3, 0.4) is 0 Å². The first kappa shape index (κ1) is 44.4. The molecule has 0 radical (unpaired) electrons. The average Bonchev–Trinajstić information content (AvgIpc) is 3.75. The number of carbonyl (C=O) groups excluding carboxylic acids is 1. The Kier molecular flexibility index (Phi) is 14.1. The van der Waals surface area contributed by atoms with Crippen LogP contribution < -0.4 is 18.9 Å². The van der Waals surface area contributed by atoms with Crippen LogP contribution in [0.5, 0.6) is 23.0 Å². The lowest BCUT2D eigenvalue weighted by atomic mass is 9.55. The quantitative estimate of drug-likeness (QED) is 0.0682. The van der Waals surface area contributed by atoms with Crippen molar-refractivity contribution in [3.8, 4) is 29.1 Å². The smallest absolute Gasteiger partial charge is 0.254 e. The number of allylic oxidation sites excluding steroid dienone is 1. The zero-order valence-corrected chi connectivity index (χ0v) is 36.1. The summed E-state index contributed by atoms with van der Waals surface area (Å²) in [6, 6.07) is 19.6. The molecule has 3 aromatic carbocycles. The van der Waals surface area contributed by atoms with Gasteiger partial charge in [0.25, 0.3) is 5.91 Å². The number of amides is 1. The van der Waals surface area contributed by atoms with Gasteiger partial charge in [0.2, 0.25) is 12.6 Å². The Morgan fingerprint density at radius 3 is 2.39 bits per heavy atom. The molecule has 0 saturated heterocycles. The second-order valence-corrected chi connectivity index (χ2v) is 17.4. The largest absolute Gasteiger partial charge is 0.490 e. The molecule has 2 heterocycles. The fraction of sp³-hybridized carbons (Fsp3) is 0.460. The monoisotopic (exact) mass is 845 g/mol. The number of oxime groups is 1. The highest BCUT2D eigenvalue weighted by Gasteiger charge is 2.65. The van der Waals surface area contributed by atoms with Crippen molar-refractivity contribution in [3.63, 3.8) is 0 Å². The zero-order chi connectivity index (χ0) is 43.9. The van der Waals surface area contributed by atoms with E-state index in [1.165, 1.54) is 0 Å². The lowest BCUT2D eigenvalue weighted by molar-refractivity contribution is -0.255. The number of aliphatic hydroxyl groups excluding tert-OH is 2. The number of hydrogen-bond donors (Lipinski definition) is 2. The molecule has 0 unspecified atom stereocenters. The average molecular weight is 846 g/mol. The number of hydrogen-bond acceptors (Lipinski definition) is 11. The van der Waals surface area contributed by atoms with Gasteiger partial charge in [0, 0.05) is 43.2 Å². The van der Waals surface area contributed by atoms with Gasteiger partial charge in [-0.15, -0.1) is 6.58 Å². The molecular weight excluding hydrogens is 787 g/mol. The molecular formula is C50H59N3O9. The molecule has 7 rings (SSSR count). The van der Waals surface area contributed by atoms with Crippen molar-refractivity contribution in [3.05, 3.63) is 120 Å². The highest BCUT2D eigenvalue weighted by atomic mass is 16.7. The van der Waals surface area contributed by atoms with Crippen molar-refractivity contribution in [2.75, 3.05) is 33.2 Å². The van der Waals surface area contributed by atoms with Crippen LogP contribution >= 0.6 is 0 Å². The maximum Gasteiger partial charge on any atom is 0.254 e. The number of rotatable bonds is 19.